The van der Waals surface area contributed by atoms with Crippen molar-refractivity contribution in [3.8, 4) is 11.3 Å². The van der Waals surface area contributed by atoms with Crippen LogP contribution in [0.5, 0.6) is 0 Å². The fraction of sp³-hybridized carbons (Fsp3) is 0.0667. The summed E-state index contributed by atoms with van der Waals surface area (Å²) in [6.45, 7) is 0.385. The fourth-order valence-electron chi connectivity index (χ4n) is 1.82. The maximum atomic E-state index is 11.8. The Kier molecular flexibility index (Phi) is 3.87. The van der Waals surface area contributed by atoms with Crippen molar-refractivity contribution in [1.29, 1.82) is 0 Å². The lowest BCUT2D eigenvalue weighted by Gasteiger charge is -2.04. The quantitative estimate of drug-likeness (QED) is 0.783. The van der Waals surface area contributed by atoms with Crippen LogP contribution < -0.4 is 5.32 Å². The monoisotopic (exact) mass is 346 g/mol. The van der Waals surface area contributed by atoms with Gasteiger partial charge in [0.15, 0.2) is 10.4 Å². The van der Waals surface area contributed by atoms with Gasteiger partial charge in [-0.05, 0) is 45.8 Å². The van der Waals surface area contributed by atoms with Gasteiger partial charge >= 0.3 is 0 Å². The van der Waals surface area contributed by atoms with E-state index in [1.54, 1.807) is 30.9 Å². The number of furan rings is 2. The summed E-state index contributed by atoms with van der Waals surface area (Å²) < 4.78 is 10.7. The van der Waals surface area contributed by atoms with Crippen molar-refractivity contribution in [1.82, 2.24) is 10.3 Å². The minimum absolute atomic E-state index is 0.264. The molecule has 0 unspecified atom stereocenters. The largest absolute Gasteiger partial charge is 0.472 e. The number of carbonyl (C=O) groups is 1. The highest BCUT2D eigenvalue weighted by Crippen LogP contribution is 2.17. The third-order valence-electron chi connectivity index (χ3n) is 2.89. The summed E-state index contributed by atoms with van der Waals surface area (Å²) in [6, 6.07) is 8.93. The van der Waals surface area contributed by atoms with Gasteiger partial charge < -0.3 is 14.2 Å². The van der Waals surface area contributed by atoms with E-state index < -0.39 is 0 Å². The minimum Gasteiger partial charge on any atom is -0.472 e. The number of halogens is 1. The molecular formula is C15H11BrN2O3. The molecule has 3 aromatic heterocycles. The first-order chi connectivity index (χ1) is 10.2. The van der Waals surface area contributed by atoms with E-state index in [0.29, 0.717) is 11.2 Å². The molecule has 106 valence electrons. The van der Waals surface area contributed by atoms with Crippen LogP contribution in [0.2, 0.25) is 0 Å². The summed E-state index contributed by atoms with van der Waals surface area (Å²) in [7, 11) is 0. The summed E-state index contributed by atoms with van der Waals surface area (Å²) >= 11 is 3.16. The standard InChI is InChI=1S/C15H11BrN2O3/c16-14-4-3-13(21-14)15(19)18-8-10-1-2-12(17-7-10)11-5-6-20-9-11/h1-7,9H,8H2,(H,18,19). The predicted molar refractivity (Wildman–Crippen MR) is 79.5 cm³/mol. The predicted octanol–water partition coefficient (Wildman–Crippen LogP) is 3.63. The number of nitrogens with zero attached hydrogens (tertiary/aromatic N) is 1. The molecule has 21 heavy (non-hydrogen) atoms. The Bertz CT molecular complexity index is 733. The maximum absolute atomic E-state index is 11.8. The number of hydrogen-bond acceptors (Lipinski definition) is 4. The number of aromatic nitrogens is 1. The van der Waals surface area contributed by atoms with Gasteiger partial charge in [-0.2, -0.15) is 0 Å². The molecule has 0 aliphatic heterocycles. The van der Waals surface area contributed by atoms with E-state index in [2.05, 4.69) is 26.2 Å². The van der Waals surface area contributed by atoms with Gasteiger partial charge in [-0.3, -0.25) is 9.78 Å². The summed E-state index contributed by atoms with van der Waals surface area (Å²) in [6.07, 6.45) is 4.96. The molecule has 0 aliphatic rings. The Hall–Kier alpha value is -2.34. The van der Waals surface area contributed by atoms with Crippen molar-refractivity contribution in [3.63, 3.8) is 0 Å². The third kappa shape index (κ3) is 3.22. The number of amides is 1. The molecule has 0 saturated carbocycles. The van der Waals surface area contributed by atoms with Crippen molar-refractivity contribution < 1.29 is 13.6 Å². The van der Waals surface area contributed by atoms with E-state index >= 15 is 0 Å². The second kappa shape index (κ2) is 5.97. The Morgan fingerprint density at radius 3 is 2.76 bits per heavy atom. The highest BCUT2D eigenvalue weighted by atomic mass is 79.9. The molecule has 1 N–H and O–H groups in total. The second-order valence-electron chi connectivity index (χ2n) is 4.35. The molecular weight excluding hydrogens is 336 g/mol. The zero-order valence-electron chi connectivity index (χ0n) is 10.9. The molecule has 0 atom stereocenters. The first-order valence-corrected chi connectivity index (χ1v) is 7.03. The molecule has 0 radical (unpaired) electrons. The van der Waals surface area contributed by atoms with Gasteiger partial charge in [-0.1, -0.05) is 6.07 Å². The van der Waals surface area contributed by atoms with Crippen LogP contribution in [0.3, 0.4) is 0 Å². The summed E-state index contributed by atoms with van der Waals surface area (Å²) in [5, 5.41) is 2.77. The summed E-state index contributed by atoms with van der Waals surface area (Å²) in [5.41, 5.74) is 2.65. The lowest BCUT2D eigenvalue weighted by atomic mass is 10.2. The molecule has 3 heterocycles. The third-order valence-corrected chi connectivity index (χ3v) is 3.32. The molecule has 0 fully saturated rings. The molecule has 0 spiro atoms. The van der Waals surface area contributed by atoms with E-state index in [9.17, 15) is 4.79 Å². The highest BCUT2D eigenvalue weighted by Gasteiger charge is 2.10. The Balaban J connectivity index is 1.62. The van der Waals surface area contributed by atoms with Gasteiger partial charge in [0.05, 0.1) is 18.2 Å². The molecule has 5 nitrogen and oxygen atoms in total. The number of pyridine rings is 1. The second-order valence-corrected chi connectivity index (χ2v) is 5.13. The molecule has 1 amide bonds. The van der Waals surface area contributed by atoms with Gasteiger partial charge in [0, 0.05) is 18.3 Å². The van der Waals surface area contributed by atoms with Crippen LogP contribution >= 0.6 is 15.9 Å². The number of hydrogen-bond donors (Lipinski definition) is 1. The lowest BCUT2D eigenvalue weighted by Crippen LogP contribution is -2.22. The smallest absolute Gasteiger partial charge is 0.287 e. The average molecular weight is 347 g/mol. The molecule has 0 aromatic carbocycles. The SMILES string of the molecule is O=C(NCc1ccc(-c2ccoc2)nc1)c1ccc(Br)o1. The van der Waals surface area contributed by atoms with Crippen molar-refractivity contribution in [2.75, 3.05) is 0 Å². The van der Waals surface area contributed by atoms with Crippen LogP contribution in [0.4, 0.5) is 0 Å². The van der Waals surface area contributed by atoms with Crippen molar-refractivity contribution >= 4 is 21.8 Å². The van der Waals surface area contributed by atoms with Crippen molar-refractivity contribution in [3.05, 3.63) is 65.0 Å². The van der Waals surface area contributed by atoms with E-state index in [0.717, 1.165) is 16.8 Å². The molecule has 6 heteroatoms. The summed E-state index contributed by atoms with van der Waals surface area (Å²) in [4.78, 5) is 16.2. The average Bonchev–Trinajstić information content (AvgIpc) is 3.16. The van der Waals surface area contributed by atoms with Gasteiger partial charge in [0.1, 0.15) is 0 Å². The Morgan fingerprint density at radius 2 is 2.14 bits per heavy atom. The van der Waals surface area contributed by atoms with Crippen LogP contribution in [0.25, 0.3) is 11.3 Å². The Labute approximate surface area is 129 Å². The fourth-order valence-corrected chi connectivity index (χ4v) is 2.12. The topological polar surface area (TPSA) is 68.3 Å². The Morgan fingerprint density at radius 1 is 1.24 bits per heavy atom. The molecule has 0 saturated heterocycles. The van der Waals surface area contributed by atoms with Gasteiger partial charge in [0.25, 0.3) is 5.91 Å². The van der Waals surface area contributed by atoms with E-state index in [4.69, 9.17) is 8.83 Å². The normalized spacial score (nSPS) is 10.5. The van der Waals surface area contributed by atoms with Crippen molar-refractivity contribution in [2.45, 2.75) is 6.54 Å². The first kappa shape index (κ1) is 13.6. The van der Waals surface area contributed by atoms with Crippen LogP contribution in [0, 0.1) is 0 Å². The molecule has 0 bridgehead atoms. The molecule has 3 aromatic rings. The van der Waals surface area contributed by atoms with Gasteiger partial charge in [-0.15, -0.1) is 0 Å². The van der Waals surface area contributed by atoms with Crippen LogP contribution in [-0.2, 0) is 6.54 Å². The minimum atomic E-state index is -0.264. The summed E-state index contributed by atoms with van der Waals surface area (Å²) in [5.74, 6) is 0.00413. The van der Waals surface area contributed by atoms with Gasteiger partial charge in [0.2, 0.25) is 0 Å². The number of carbonyl (C=O) groups excluding carboxylic acids is 1. The number of rotatable bonds is 4. The van der Waals surface area contributed by atoms with Crippen LogP contribution in [0.15, 0.2) is 62.6 Å². The zero-order valence-corrected chi connectivity index (χ0v) is 12.5. The number of nitrogens with one attached hydrogen (secondary N) is 1. The van der Waals surface area contributed by atoms with Crippen LogP contribution in [0.1, 0.15) is 16.1 Å². The molecule has 3 rings (SSSR count). The van der Waals surface area contributed by atoms with E-state index in [1.807, 2.05) is 18.2 Å². The first-order valence-electron chi connectivity index (χ1n) is 6.23. The van der Waals surface area contributed by atoms with Crippen LogP contribution in [-0.4, -0.2) is 10.9 Å². The van der Waals surface area contributed by atoms with E-state index in [-0.39, 0.29) is 11.7 Å². The van der Waals surface area contributed by atoms with Gasteiger partial charge in [-0.25, -0.2) is 0 Å². The maximum Gasteiger partial charge on any atom is 0.287 e. The van der Waals surface area contributed by atoms with Crippen molar-refractivity contribution in [2.24, 2.45) is 0 Å². The molecule has 0 aliphatic carbocycles. The van der Waals surface area contributed by atoms with E-state index in [1.165, 1.54) is 0 Å². The lowest BCUT2D eigenvalue weighted by molar-refractivity contribution is 0.0922. The zero-order chi connectivity index (χ0) is 14.7. The highest BCUT2D eigenvalue weighted by molar-refractivity contribution is 9.10.